The first-order valence-corrected chi connectivity index (χ1v) is 8.02. The Bertz CT molecular complexity index is 661. The van der Waals surface area contributed by atoms with Crippen molar-refractivity contribution in [2.45, 2.75) is 11.5 Å². The van der Waals surface area contributed by atoms with Crippen LogP contribution in [0.5, 0.6) is 0 Å². The molecule has 1 atom stereocenters. The highest BCUT2D eigenvalue weighted by atomic mass is 35.5. The van der Waals surface area contributed by atoms with Gasteiger partial charge in [-0.15, -0.1) is 0 Å². The van der Waals surface area contributed by atoms with E-state index in [-0.39, 0.29) is 5.75 Å². The normalized spacial score (nSPS) is 12.6. The fraction of sp³-hybridized carbons (Fsp3) is 0.273. The number of H-pyrrole nitrogens is 1. The van der Waals surface area contributed by atoms with Crippen LogP contribution in [0.2, 0.25) is 10.0 Å². The van der Waals surface area contributed by atoms with Gasteiger partial charge in [0.15, 0.2) is 4.77 Å². The second-order valence-electron chi connectivity index (χ2n) is 3.93. The molecule has 0 saturated heterocycles. The molecule has 19 heavy (non-hydrogen) atoms. The van der Waals surface area contributed by atoms with Gasteiger partial charge in [0, 0.05) is 33.5 Å². The molecule has 102 valence electrons. The van der Waals surface area contributed by atoms with Gasteiger partial charge in [-0.1, -0.05) is 29.3 Å². The van der Waals surface area contributed by atoms with Crippen LogP contribution in [0, 0.1) is 4.77 Å². The monoisotopic (exact) mass is 335 g/mol. The van der Waals surface area contributed by atoms with Gasteiger partial charge in [-0.2, -0.15) is 5.10 Å². The number of nitrogens with zero attached hydrogens (tertiary/aromatic N) is 2. The van der Waals surface area contributed by atoms with Crippen LogP contribution in [-0.2, 0) is 29.4 Å². The first-order valence-electron chi connectivity index (χ1n) is 5.37. The number of hydrogen-bond donors (Lipinski definition) is 1. The van der Waals surface area contributed by atoms with E-state index in [0.717, 1.165) is 0 Å². The zero-order valence-corrected chi connectivity index (χ0v) is 13.2. The molecule has 0 amide bonds. The van der Waals surface area contributed by atoms with Crippen LogP contribution in [0.4, 0.5) is 0 Å². The molecule has 1 N–H and O–H groups in total. The summed E-state index contributed by atoms with van der Waals surface area (Å²) in [5.41, 5.74) is 0.695. The third kappa shape index (κ3) is 3.45. The van der Waals surface area contributed by atoms with Gasteiger partial charge in [-0.3, -0.25) is 9.31 Å². The highest BCUT2D eigenvalue weighted by molar-refractivity contribution is 7.83. The van der Waals surface area contributed by atoms with E-state index in [1.807, 2.05) is 0 Å². The number of rotatable bonds is 4. The highest BCUT2D eigenvalue weighted by Gasteiger charge is 2.12. The van der Waals surface area contributed by atoms with E-state index in [1.54, 1.807) is 29.8 Å². The molecule has 0 aliphatic rings. The largest absolute Gasteiger partial charge is 0.307 e. The van der Waals surface area contributed by atoms with Crippen LogP contribution in [0.25, 0.3) is 0 Å². The van der Waals surface area contributed by atoms with Crippen molar-refractivity contribution in [3.63, 3.8) is 0 Å². The van der Waals surface area contributed by atoms with Crippen molar-refractivity contribution in [1.82, 2.24) is 14.8 Å². The molecule has 8 heteroatoms. The minimum atomic E-state index is -1.16. The molecule has 0 spiro atoms. The number of halogens is 2. The predicted octanol–water partition coefficient (Wildman–Crippen LogP) is 3.23. The number of benzene rings is 1. The number of nitrogens with one attached hydrogen (secondary N) is 1. The lowest BCUT2D eigenvalue weighted by Crippen LogP contribution is -2.06. The van der Waals surface area contributed by atoms with Gasteiger partial charge < -0.3 is 4.57 Å². The second kappa shape index (κ2) is 6.17. The van der Waals surface area contributed by atoms with Crippen molar-refractivity contribution < 1.29 is 4.21 Å². The number of aromatic amines is 1. The fourth-order valence-electron chi connectivity index (χ4n) is 1.53. The summed E-state index contributed by atoms with van der Waals surface area (Å²) >= 11 is 17.1. The van der Waals surface area contributed by atoms with E-state index in [4.69, 9.17) is 35.4 Å². The van der Waals surface area contributed by atoms with Crippen molar-refractivity contribution in [3.8, 4) is 0 Å². The molecule has 0 saturated carbocycles. The van der Waals surface area contributed by atoms with E-state index < -0.39 is 10.8 Å². The summed E-state index contributed by atoms with van der Waals surface area (Å²) in [7, 11) is 0.621. The van der Waals surface area contributed by atoms with Gasteiger partial charge in [0.2, 0.25) is 0 Å². The lowest BCUT2D eigenvalue weighted by atomic mass is 10.2. The smallest absolute Gasteiger partial charge is 0.194 e. The molecule has 0 fully saturated rings. The Labute approximate surface area is 128 Å². The zero-order chi connectivity index (χ0) is 14.0. The van der Waals surface area contributed by atoms with E-state index in [0.29, 0.717) is 32.0 Å². The topological polar surface area (TPSA) is 50.7 Å². The van der Waals surface area contributed by atoms with Gasteiger partial charge in [-0.25, -0.2) is 0 Å². The second-order valence-corrected chi connectivity index (χ2v) is 6.59. The zero-order valence-electron chi connectivity index (χ0n) is 10.0. The molecule has 0 bridgehead atoms. The number of aromatic nitrogens is 3. The van der Waals surface area contributed by atoms with Gasteiger partial charge in [0.1, 0.15) is 5.82 Å². The first kappa shape index (κ1) is 14.7. The Morgan fingerprint density at radius 3 is 2.53 bits per heavy atom. The molecular formula is C11H11Cl2N3OS2. The standard InChI is InChI=1S/C11H11Cl2N3OS2/c1-16-10(14-15-11(16)18)6-19(17)5-7-8(12)3-2-4-9(7)13/h2-4H,5-6H2,1H3,(H,15,18)/t19-/m0/s1. The Hall–Kier alpha value is -0.690. The maximum atomic E-state index is 12.1. The molecule has 0 aliphatic heterocycles. The third-order valence-corrected chi connectivity index (χ3v) is 4.89. The summed E-state index contributed by atoms with van der Waals surface area (Å²) in [4.78, 5) is 0. The molecule has 1 aromatic carbocycles. The molecule has 2 aromatic rings. The first-order chi connectivity index (χ1) is 8.99. The van der Waals surface area contributed by atoms with Crippen LogP contribution < -0.4 is 0 Å². The van der Waals surface area contributed by atoms with Crippen LogP contribution in [0.3, 0.4) is 0 Å². The summed E-state index contributed by atoms with van der Waals surface area (Å²) in [6, 6.07) is 5.22. The SMILES string of the molecule is Cn1c(C[S@@](=O)Cc2c(Cl)cccc2Cl)n[nH]c1=S. The van der Waals surface area contributed by atoms with Crippen molar-refractivity contribution >= 4 is 46.2 Å². The van der Waals surface area contributed by atoms with Gasteiger partial charge in [-0.05, 0) is 24.4 Å². The Kier molecular flexibility index (Phi) is 4.78. The predicted molar refractivity (Wildman–Crippen MR) is 80.4 cm³/mol. The van der Waals surface area contributed by atoms with Crippen molar-refractivity contribution in [1.29, 1.82) is 0 Å². The van der Waals surface area contributed by atoms with E-state index in [2.05, 4.69) is 10.2 Å². The summed E-state index contributed by atoms with van der Waals surface area (Å²) in [6.07, 6.45) is 0. The lowest BCUT2D eigenvalue weighted by molar-refractivity contribution is 0.679. The van der Waals surface area contributed by atoms with Crippen LogP contribution in [0.15, 0.2) is 18.2 Å². The third-order valence-electron chi connectivity index (χ3n) is 2.63. The summed E-state index contributed by atoms with van der Waals surface area (Å²) in [5.74, 6) is 1.23. The summed E-state index contributed by atoms with van der Waals surface area (Å²) < 4.78 is 14.3. The van der Waals surface area contributed by atoms with E-state index >= 15 is 0 Å². The van der Waals surface area contributed by atoms with E-state index in [1.165, 1.54) is 0 Å². The maximum absolute atomic E-state index is 12.1. The van der Waals surface area contributed by atoms with Gasteiger partial charge >= 0.3 is 0 Å². The van der Waals surface area contributed by atoms with Crippen LogP contribution in [0.1, 0.15) is 11.4 Å². The summed E-state index contributed by atoms with van der Waals surface area (Å²) in [6.45, 7) is 0. The Morgan fingerprint density at radius 2 is 2.00 bits per heavy atom. The average Bonchev–Trinajstić information content (AvgIpc) is 2.66. The minimum Gasteiger partial charge on any atom is -0.307 e. The number of hydrogen-bond acceptors (Lipinski definition) is 3. The van der Waals surface area contributed by atoms with Crippen molar-refractivity contribution in [2.75, 3.05) is 0 Å². The average molecular weight is 336 g/mol. The van der Waals surface area contributed by atoms with Crippen LogP contribution in [-0.4, -0.2) is 19.0 Å². The van der Waals surface area contributed by atoms with E-state index in [9.17, 15) is 4.21 Å². The van der Waals surface area contributed by atoms with Gasteiger partial charge in [0.25, 0.3) is 0 Å². The van der Waals surface area contributed by atoms with Crippen molar-refractivity contribution in [3.05, 3.63) is 44.4 Å². The molecule has 0 radical (unpaired) electrons. The lowest BCUT2D eigenvalue weighted by Gasteiger charge is -2.06. The van der Waals surface area contributed by atoms with Crippen molar-refractivity contribution in [2.24, 2.45) is 7.05 Å². The molecule has 0 aliphatic carbocycles. The Balaban J connectivity index is 2.14. The molecule has 0 unspecified atom stereocenters. The summed E-state index contributed by atoms with van der Waals surface area (Å²) in [5, 5.41) is 7.74. The molecule has 1 heterocycles. The fourth-order valence-corrected chi connectivity index (χ4v) is 3.66. The molecule has 4 nitrogen and oxygen atoms in total. The molecular weight excluding hydrogens is 325 g/mol. The molecule has 2 rings (SSSR count). The molecule has 1 aromatic heterocycles. The highest BCUT2D eigenvalue weighted by Crippen LogP contribution is 2.25. The van der Waals surface area contributed by atoms with Gasteiger partial charge in [0.05, 0.1) is 11.5 Å². The van der Waals surface area contributed by atoms with Crippen LogP contribution >= 0.6 is 35.4 Å². The minimum absolute atomic E-state index is 0.290. The Morgan fingerprint density at radius 1 is 1.37 bits per heavy atom. The quantitative estimate of drug-likeness (QED) is 0.872. The maximum Gasteiger partial charge on any atom is 0.194 e.